The highest BCUT2D eigenvalue weighted by Crippen LogP contribution is 2.27. The molecule has 1 saturated heterocycles. The number of nitrogens with one attached hydrogen (secondary N) is 1. The van der Waals surface area contributed by atoms with Crippen molar-refractivity contribution in [2.24, 2.45) is 18.8 Å². The van der Waals surface area contributed by atoms with Crippen LogP contribution in [0.1, 0.15) is 17.7 Å². The fraction of sp³-hybridized carbons (Fsp3) is 0.318. The lowest BCUT2D eigenvalue weighted by Crippen LogP contribution is -2.25. The Kier molecular flexibility index (Phi) is 7.12. The molecule has 30 heavy (non-hydrogen) atoms. The number of anilines is 1. The summed E-state index contributed by atoms with van der Waals surface area (Å²) >= 11 is 0. The Morgan fingerprint density at radius 1 is 1.50 bits per heavy atom. The minimum Gasteiger partial charge on any atom is -0.356 e. The number of hydrogen-bond acceptors (Lipinski definition) is 6. The van der Waals surface area contributed by atoms with Crippen molar-refractivity contribution in [3.05, 3.63) is 60.3 Å². The van der Waals surface area contributed by atoms with E-state index < -0.39 is 0 Å². The number of hydrogen-bond donors (Lipinski definition) is 2. The van der Waals surface area contributed by atoms with Crippen molar-refractivity contribution in [3.8, 4) is 12.3 Å². The van der Waals surface area contributed by atoms with E-state index in [1.165, 1.54) is 6.33 Å². The molecular formula is C22H26FN7. The van der Waals surface area contributed by atoms with Gasteiger partial charge < -0.3 is 4.90 Å². The molecule has 2 aromatic heterocycles. The van der Waals surface area contributed by atoms with E-state index in [1.54, 1.807) is 17.0 Å². The first kappa shape index (κ1) is 21.4. The second-order valence-electron chi connectivity index (χ2n) is 7.21. The molecule has 0 saturated carbocycles. The highest BCUT2D eigenvalue weighted by atomic mass is 19.1. The van der Waals surface area contributed by atoms with Crippen LogP contribution < -0.4 is 16.2 Å². The molecule has 7 nitrogen and oxygen atoms in total. The van der Waals surface area contributed by atoms with E-state index in [9.17, 15) is 4.39 Å². The molecule has 0 spiro atoms. The zero-order valence-corrected chi connectivity index (χ0v) is 17.1. The summed E-state index contributed by atoms with van der Waals surface area (Å²) in [6.45, 7) is 5.71. The van der Waals surface area contributed by atoms with Gasteiger partial charge in [-0.05, 0) is 35.3 Å². The molecule has 3 heterocycles. The Balaban J connectivity index is 1.90. The summed E-state index contributed by atoms with van der Waals surface area (Å²) in [7, 11) is 1.84. The predicted octanol–water partition coefficient (Wildman–Crippen LogP) is 2.13. The minimum absolute atomic E-state index is 0.0550. The Bertz CT molecular complexity index is 999. The topological polar surface area (TPSA) is 84.9 Å². The lowest BCUT2D eigenvalue weighted by atomic mass is 9.99. The monoisotopic (exact) mass is 407 g/mol. The van der Waals surface area contributed by atoms with E-state index in [1.807, 2.05) is 25.4 Å². The number of nitrogens with zero attached hydrogens (tertiary/aromatic N) is 5. The molecule has 156 valence electrons. The fourth-order valence-corrected chi connectivity index (χ4v) is 3.43. The molecule has 1 atom stereocenters. The molecule has 0 unspecified atom stereocenters. The van der Waals surface area contributed by atoms with Crippen LogP contribution in [0, 0.1) is 18.3 Å². The number of hydrazine groups is 1. The molecule has 3 N–H and O–H groups in total. The first-order valence-electron chi connectivity index (χ1n) is 9.67. The molecule has 0 bridgehead atoms. The molecule has 0 radical (unpaired) electrons. The molecule has 2 aromatic rings. The standard InChI is InChI=1S/C22H26FN7/c1-4-5-18(20-12-28-29(3)14-20)8-19(11-27-24)16(2)21-9-22(26-15-25-21)30-7-6-17(10-23)13-30/h1,5,8-9,12,14-15,17,27H,2,6-7,10-11,13,24H2,3H3/b18-5+,19-8+/t17-/m0/s1. The van der Waals surface area contributed by atoms with E-state index in [4.69, 9.17) is 12.3 Å². The van der Waals surface area contributed by atoms with Gasteiger partial charge in [0, 0.05) is 50.4 Å². The lowest BCUT2D eigenvalue weighted by molar-refractivity contribution is 0.384. The predicted molar refractivity (Wildman–Crippen MR) is 118 cm³/mol. The first-order valence-corrected chi connectivity index (χ1v) is 9.67. The van der Waals surface area contributed by atoms with Crippen LogP contribution in [0.2, 0.25) is 0 Å². The number of alkyl halides is 1. The third-order valence-electron chi connectivity index (χ3n) is 5.08. The molecule has 3 rings (SSSR count). The molecule has 0 aromatic carbocycles. The Morgan fingerprint density at radius 3 is 2.97 bits per heavy atom. The van der Waals surface area contributed by atoms with Gasteiger partial charge in [0.25, 0.3) is 0 Å². The molecule has 0 amide bonds. The van der Waals surface area contributed by atoms with Gasteiger partial charge in [-0.1, -0.05) is 12.5 Å². The van der Waals surface area contributed by atoms with Crippen LogP contribution in [0.25, 0.3) is 11.1 Å². The van der Waals surface area contributed by atoms with E-state index in [0.29, 0.717) is 24.4 Å². The second kappa shape index (κ2) is 9.96. The van der Waals surface area contributed by atoms with Gasteiger partial charge in [-0.15, -0.1) is 6.42 Å². The number of terminal acetylenes is 1. The summed E-state index contributed by atoms with van der Waals surface area (Å²) in [6, 6.07) is 1.88. The van der Waals surface area contributed by atoms with Crippen molar-refractivity contribution >= 4 is 17.0 Å². The number of aryl methyl sites for hydroxylation is 1. The normalized spacial score (nSPS) is 17.3. The van der Waals surface area contributed by atoms with Gasteiger partial charge in [0.15, 0.2) is 0 Å². The van der Waals surface area contributed by atoms with E-state index in [-0.39, 0.29) is 12.6 Å². The van der Waals surface area contributed by atoms with Crippen LogP contribution in [-0.2, 0) is 7.05 Å². The zero-order valence-electron chi connectivity index (χ0n) is 17.1. The number of rotatable bonds is 8. The van der Waals surface area contributed by atoms with Gasteiger partial charge in [-0.2, -0.15) is 5.10 Å². The van der Waals surface area contributed by atoms with Gasteiger partial charge in [-0.3, -0.25) is 20.3 Å². The smallest absolute Gasteiger partial charge is 0.132 e. The summed E-state index contributed by atoms with van der Waals surface area (Å²) in [4.78, 5) is 10.8. The van der Waals surface area contributed by atoms with E-state index >= 15 is 0 Å². The Morgan fingerprint density at radius 2 is 2.33 bits per heavy atom. The summed E-state index contributed by atoms with van der Waals surface area (Å²) in [5.41, 5.74) is 6.59. The highest BCUT2D eigenvalue weighted by molar-refractivity contribution is 5.84. The van der Waals surface area contributed by atoms with Gasteiger partial charge in [0.2, 0.25) is 0 Å². The number of allylic oxidation sites excluding steroid dienone is 3. The van der Waals surface area contributed by atoms with Gasteiger partial charge in [0.05, 0.1) is 18.6 Å². The van der Waals surface area contributed by atoms with Crippen LogP contribution in [0.15, 0.2) is 49.1 Å². The number of halogens is 1. The zero-order chi connectivity index (χ0) is 21.5. The average molecular weight is 407 g/mol. The van der Waals surface area contributed by atoms with E-state index in [0.717, 1.165) is 35.5 Å². The third-order valence-corrected chi connectivity index (χ3v) is 5.08. The SMILES string of the molecule is C#C/C=C(\C=C(/CNN)C(=C)c1cc(N2CC[C@@H](CF)C2)ncn1)c1cnn(C)c1. The molecular weight excluding hydrogens is 381 g/mol. The first-order chi connectivity index (χ1) is 14.5. The quantitative estimate of drug-likeness (QED) is 0.302. The molecule has 1 fully saturated rings. The molecule has 1 aliphatic heterocycles. The number of nitrogens with two attached hydrogens (primary N) is 1. The highest BCUT2D eigenvalue weighted by Gasteiger charge is 2.24. The summed E-state index contributed by atoms with van der Waals surface area (Å²) < 4.78 is 14.7. The van der Waals surface area contributed by atoms with Crippen LogP contribution >= 0.6 is 0 Å². The van der Waals surface area contributed by atoms with Crippen molar-refractivity contribution in [3.63, 3.8) is 0 Å². The van der Waals surface area contributed by atoms with Crippen LogP contribution in [0.4, 0.5) is 10.2 Å². The van der Waals surface area contributed by atoms with Crippen LogP contribution in [0.5, 0.6) is 0 Å². The molecule has 0 aliphatic carbocycles. The Hall–Kier alpha value is -3.28. The second-order valence-corrected chi connectivity index (χ2v) is 7.21. The average Bonchev–Trinajstić information content (AvgIpc) is 3.41. The summed E-state index contributed by atoms with van der Waals surface area (Å²) in [5, 5.41) is 4.21. The maximum atomic E-state index is 13.0. The van der Waals surface area contributed by atoms with Gasteiger partial charge in [0.1, 0.15) is 12.1 Å². The van der Waals surface area contributed by atoms with Gasteiger partial charge in [-0.25, -0.2) is 9.97 Å². The summed E-state index contributed by atoms with van der Waals surface area (Å²) in [6.07, 6.45) is 15.1. The maximum Gasteiger partial charge on any atom is 0.132 e. The van der Waals surface area contributed by atoms with Crippen molar-refractivity contribution < 1.29 is 4.39 Å². The molecule has 1 aliphatic rings. The van der Waals surface area contributed by atoms with Crippen molar-refractivity contribution in [2.75, 3.05) is 31.2 Å². The van der Waals surface area contributed by atoms with Crippen molar-refractivity contribution in [1.29, 1.82) is 0 Å². The Labute approximate surface area is 176 Å². The van der Waals surface area contributed by atoms with Crippen molar-refractivity contribution in [1.82, 2.24) is 25.2 Å². The summed E-state index contributed by atoms with van der Waals surface area (Å²) in [5.74, 6) is 9.01. The van der Waals surface area contributed by atoms with Crippen LogP contribution in [0.3, 0.4) is 0 Å². The largest absolute Gasteiger partial charge is 0.356 e. The van der Waals surface area contributed by atoms with Crippen molar-refractivity contribution in [2.45, 2.75) is 6.42 Å². The fourth-order valence-electron chi connectivity index (χ4n) is 3.43. The third kappa shape index (κ3) is 5.00. The minimum atomic E-state index is -0.311. The number of aromatic nitrogens is 4. The maximum absolute atomic E-state index is 13.0. The van der Waals surface area contributed by atoms with E-state index in [2.05, 4.69) is 37.9 Å². The van der Waals surface area contributed by atoms with Gasteiger partial charge >= 0.3 is 0 Å². The molecule has 8 heteroatoms. The lowest BCUT2D eigenvalue weighted by Gasteiger charge is -2.18. The van der Waals surface area contributed by atoms with Crippen LogP contribution in [-0.4, -0.2) is 46.1 Å².